The molecule has 1 aromatic carbocycles. The van der Waals surface area contributed by atoms with Crippen molar-refractivity contribution in [1.82, 2.24) is 10.6 Å². The van der Waals surface area contributed by atoms with E-state index >= 15 is 0 Å². The molecule has 3 N–H and O–H groups in total. The number of aliphatic hydroxyl groups is 1. The topological polar surface area (TPSA) is 79.8 Å². The number of hydrogen-bond acceptors (Lipinski definition) is 5. The van der Waals surface area contributed by atoms with Gasteiger partial charge in [0.15, 0.2) is 0 Å². The number of carbonyl (C=O) groups is 1. The summed E-state index contributed by atoms with van der Waals surface area (Å²) in [7, 11) is 3.08. The Morgan fingerprint density at radius 2 is 2.09 bits per heavy atom. The van der Waals surface area contributed by atoms with Crippen molar-refractivity contribution < 1.29 is 19.4 Å². The highest BCUT2D eigenvalue weighted by Crippen LogP contribution is 2.29. The number of thiophene rings is 1. The summed E-state index contributed by atoms with van der Waals surface area (Å²) >= 11 is 1.57. The second kappa shape index (κ2) is 8.40. The molecule has 124 valence electrons. The van der Waals surface area contributed by atoms with Crippen molar-refractivity contribution in [2.45, 2.75) is 12.6 Å². The first-order valence-corrected chi connectivity index (χ1v) is 7.96. The third-order valence-corrected chi connectivity index (χ3v) is 4.13. The van der Waals surface area contributed by atoms with E-state index < -0.39 is 6.10 Å². The Kier molecular flexibility index (Phi) is 6.25. The monoisotopic (exact) mass is 336 g/mol. The summed E-state index contributed by atoms with van der Waals surface area (Å²) < 4.78 is 10.4. The lowest BCUT2D eigenvalue weighted by atomic mass is 10.1. The molecule has 1 atom stereocenters. The van der Waals surface area contributed by atoms with Crippen LogP contribution in [0.5, 0.6) is 11.5 Å². The van der Waals surface area contributed by atoms with Crippen molar-refractivity contribution in [2.24, 2.45) is 0 Å². The number of amides is 2. The van der Waals surface area contributed by atoms with Gasteiger partial charge in [0.2, 0.25) is 0 Å². The van der Waals surface area contributed by atoms with E-state index in [1.54, 1.807) is 36.6 Å². The van der Waals surface area contributed by atoms with Crippen LogP contribution in [-0.2, 0) is 6.54 Å². The molecule has 1 aromatic heterocycles. The number of urea groups is 1. The van der Waals surface area contributed by atoms with Crippen molar-refractivity contribution in [3.63, 3.8) is 0 Å². The highest BCUT2D eigenvalue weighted by Gasteiger charge is 2.15. The zero-order valence-corrected chi connectivity index (χ0v) is 13.9. The molecule has 0 saturated heterocycles. The van der Waals surface area contributed by atoms with Gasteiger partial charge in [-0.2, -0.15) is 0 Å². The summed E-state index contributed by atoms with van der Waals surface area (Å²) in [6.45, 7) is 0.530. The molecule has 0 bridgehead atoms. The van der Waals surface area contributed by atoms with E-state index in [2.05, 4.69) is 10.6 Å². The van der Waals surface area contributed by atoms with E-state index in [0.717, 1.165) is 4.88 Å². The van der Waals surface area contributed by atoms with Crippen LogP contribution in [0.3, 0.4) is 0 Å². The minimum Gasteiger partial charge on any atom is -0.497 e. The van der Waals surface area contributed by atoms with Crippen molar-refractivity contribution in [3.05, 3.63) is 46.2 Å². The first-order valence-electron chi connectivity index (χ1n) is 7.08. The van der Waals surface area contributed by atoms with Crippen LogP contribution in [0.15, 0.2) is 35.7 Å². The maximum Gasteiger partial charge on any atom is 0.315 e. The lowest BCUT2D eigenvalue weighted by Gasteiger charge is -2.16. The third-order valence-electron chi connectivity index (χ3n) is 3.26. The molecule has 0 saturated carbocycles. The van der Waals surface area contributed by atoms with Crippen molar-refractivity contribution >= 4 is 17.4 Å². The smallest absolute Gasteiger partial charge is 0.315 e. The molecule has 0 aliphatic carbocycles. The van der Waals surface area contributed by atoms with Gasteiger partial charge in [-0.15, -0.1) is 11.3 Å². The maximum absolute atomic E-state index is 11.8. The van der Waals surface area contributed by atoms with E-state index in [-0.39, 0.29) is 12.6 Å². The van der Waals surface area contributed by atoms with E-state index in [0.29, 0.717) is 23.6 Å². The summed E-state index contributed by atoms with van der Waals surface area (Å²) in [4.78, 5) is 12.8. The molecule has 2 aromatic rings. The first kappa shape index (κ1) is 17.1. The number of aliphatic hydroxyl groups excluding tert-OH is 1. The predicted octanol–water partition coefficient (Wildman–Crippen LogP) is 2.30. The molecule has 2 rings (SSSR count). The highest BCUT2D eigenvalue weighted by atomic mass is 32.1. The predicted molar refractivity (Wildman–Crippen MR) is 89.1 cm³/mol. The molecule has 0 spiro atoms. The van der Waals surface area contributed by atoms with Gasteiger partial charge in [0.25, 0.3) is 0 Å². The van der Waals surface area contributed by atoms with E-state index in [4.69, 9.17) is 9.47 Å². The van der Waals surface area contributed by atoms with E-state index in [1.165, 1.54) is 7.11 Å². The van der Waals surface area contributed by atoms with Gasteiger partial charge in [-0.1, -0.05) is 6.07 Å². The molecule has 2 amide bonds. The molecule has 0 fully saturated rings. The minimum absolute atomic E-state index is 0.0692. The van der Waals surface area contributed by atoms with Gasteiger partial charge in [-0.25, -0.2) is 4.79 Å². The normalized spacial score (nSPS) is 11.6. The summed E-state index contributed by atoms with van der Waals surface area (Å²) in [5, 5.41) is 17.6. The molecule has 0 radical (unpaired) electrons. The second-order valence-electron chi connectivity index (χ2n) is 4.77. The molecule has 0 unspecified atom stereocenters. The molecule has 7 heteroatoms. The number of methoxy groups -OCH3 is 2. The second-order valence-corrected chi connectivity index (χ2v) is 5.80. The fourth-order valence-corrected chi connectivity index (χ4v) is 2.69. The standard InChI is InChI=1S/C16H20N2O4S/c1-21-11-5-6-15(22-2)13(8-11)14(19)10-18-16(20)17-9-12-4-3-7-23-12/h3-8,14,19H,9-10H2,1-2H3,(H2,17,18,20)/t14-/m0/s1. The van der Waals surface area contributed by atoms with E-state index in [9.17, 15) is 9.90 Å². The van der Waals surface area contributed by atoms with Crippen molar-refractivity contribution in [3.8, 4) is 11.5 Å². The van der Waals surface area contributed by atoms with Crippen LogP contribution in [0.4, 0.5) is 4.79 Å². The molecule has 6 nitrogen and oxygen atoms in total. The van der Waals surface area contributed by atoms with Gasteiger partial charge in [0.05, 0.1) is 20.8 Å². The van der Waals surface area contributed by atoms with E-state index in [1.807, 2.05) is 17.5 Å². The van der Waals surface area contributed by atoms with Crippen LogP contribution in [-0.4, -0.2) is 31.9 Å². The van der Waals surface area contributed by atoms with Crippen LogP contribution < -0.4 is 20.1 Å². The molecular weight excluding hydrogens is 316 g/mol. The van der Waals surface area contributed by atoms with Gasteiger partial charge in [-0.3, -0.25) is 0 Å². The minimum atomic E-state index is -0.896. The highest BCUT2D eigenvalue weighted by molar-refractivity contribution is 7.09. The average Bonchev–Trinajstić information content (AvgIpc) is 3.10. The van der Waals surface area contributed by atoms with Crippen LogP contribution in [0, 0.1) is 0 Å². The number of nitrogens with one attached hydrogen (secondary N) is 2. The number of ether oxygens (including phenoxy) is 2. The summed E-state index contributed by atoms with van der Waals surface area (Å²) in [6.07, 6.45) is -0.896. The van der Waals surface area contributed by atoms with Gasteiger partial charge >= 0.3 is 6.03 Å². The number of hydrogen-bond donors (Lipinski definition) is 3. The van der Waals surface area contributed by atoms with Crippen LogP contribution in [0.25, 0.3) is 0 Å². The Morgan fingerprint density at radius 1 is 1.26 bits per heavy atom. The van der Waals surface area contributed by atoms with Gasteiger partial charge in [0, 0.05) is 17.0 Å². The number of carbonyl (C=O) groups excluding carboxylic acids is 1. The molecule has 1 heterocycles. The van der Waals surface area contributed by atoms with Crippen LogP contribution in [0.2, 0.25) is 0 Å². The van der Waals surface area contributed by atoms with Gasteiger partial charge in [-0.05, 0) is 29.6 Å². The lowest BCUT2D eigenvalue weighted by molar-refractivity contribution is 0.169. The number of benzene rings is 1. The maximum atomic E-state index is 11.8. The molecular formula is C16H20N2O4S. The quantitative estimate of drug-likeness (QED) is 0.725. The van der Waals surface area contributed by atoms with Crippen molar-refractivity contribution in [1.29, 1.82) is 0 Å². The summed E-state index contributed by atoms with van der Waals surface area (Å²) in [5.74, 6) is 1.15. The summed E-state index contributed by atoms with van der Waals surface area (Å²) in [5.41, 5.74) is 0.561. The Labute approximate surface area is 139 Å². The average molecular weight is 336 g/mol. The third kappa shape index (κ3) is 4.87. The lowest BCUT2D eigenvalue weighted by Crippen LogP contribution is -2.37. The molecule has 0 aliphatic rings. The van der Waals surface area contributed by atoms with Crippen molar-refractivity contribution in [2.75, 3.05) is 20.8 Å². The SMILES string of the molecule is COc1ccc(OC)c([C@@H](O)CNC(=O)NCc2cccs2)c1. The van der Waals surface area contributed by atoms with Crippen LogP contribution >= 0.6 is 11.3 Å². The Hall–Kier alpha value is -2.25. The molecule has 0 aliphatic heterocycles. The Morgan fingerprint density at radius 3 is 2.74 bits per heavy atom. The largest absolute Gasteiger partial charge is 0.497 e. The molecule has 23 heavy (non-hydrogen) atoms. The Balaban J connectivity index is 1.88. The van der Waals surface area contributed by atoms with Crippen LogP contribution in [0.1, 0.15) is 16.5 Å². The van der Waals surface area contributed by atoms with Gasteiger partial charge < -0.3 is 25.2 Å². The van der Waals surface area contributed by atoms with Gasteiger partial charge in [0.1, 0.15) is 17.6 Å². The Bertz CT molecular complexity index is 631. The zero-order chi connectivity index (χ0) is 16.7. The fraction of sp³-hybridized carbons (Fsp3) is 0.312. The summed E-state index contributed by atoms with van der Waals surface area (Å²) in [6, 6.07) is 8.69. The zero-order valence-electron chi connectivity index (χ0n) is 13.0. The first-order chi connectivity index (χ1) is 11.1. The fourth-order valence-electron chi connectivity index (χ4n) is 2.04. The number of rotatable bonds is 7.